The number of carbonyl (C=O) groups excluding carboxylic acids is 3. The summed E-state index contributed by atoms with van der Waals surface area (Å²) in [6.45, 7) is 3.89. The average Bonchev–Trinajstić information content (AvgIpc) is 2.94. The first-order chi connectivity index (χ1) is 19.6. The molecule has 0 aliphatic heterocycles. The van der Waals surface area contributed by atoms with Gasteiger partial charge in [-0.2, -0.15) is 0 Å². The molecule has 0 bridgehead atoms. The Morgan fingerprint density at radius 2 is 1.44 bits per heavy atom. The van der Waals surface area contributed by atoms with Gasteiger partial charge in [0.1, 0.15) is 0 Å². The number of ether oxygens (including phenoxy) is 2. The molecule has 41 heavy (non-hydrogen) atoms. The van der Waals surface area contributed by atoms with Crippen molar-refractivity contribution in [2.24, 2.45) is 17.8 Å². The number of carboxylic acids is 1. The number of amides is 4. The van der Waals surface area contributed by atoms with E-state index < -0.39 is 17.9 Å². The van der Waals surface area contributed by atoms with E-state index in [0.29, 0.717) is 12.3 Å². The predicted molar refractivity (Wildman–Crippen MR) is 154 cm³/mol. The highest BCUT2D eigenvalue weighted by Crippen LogP contribution is 2.32. The fourth-order valence-corrected chi connectivity index (χ4v) is 6.83. The van der Waals surface area contributed by atoms with Crippen molar-refractivity contribution in [2.75, 3.05) is 14.2 Å². The van der Waals surface area contributed by atoms with E-state index in [1.807, 2.05) is 0 Å². The standard InChI is InChI=1S/C30H52N4O7/c1-18-7-5-6-8-23(18)34-30(39)32-22-12-10-21(11-13-22)31-27(35)15-19(2)29(38)33-24(17-28(36)37)20-9-14-25(40-3)26(16-20)41-4/h18-26H,5-17H2,1-4H3,(H,31,35)(H,33,38)(H,36,37)(H2,32,34,39)/t18?,19-,20?,21?,22?,23?,24?,25?,26?/m0/s1. The molecule has 3 aliphatic carbocycles. The molecular formula is C30H52N4O7. The molecule has 4 amide bonds. The Morgan fingerprint density at radius 1 is 0.805 bits per heavy atom. The summed E-state index contributed by atoms with van der Waals surface area (Å²) in [7, 11) is 3.25. The first-order valence-corrected chi connectivity index (χ1v) is 15.5. The summed E-state index contributed by atoms with van der Waals surface area (Å²) in [6, 6.07) is -0.288. The van der Waals surface area contributed by atoms with Gasteiger partial charge in [0.05, 0.1) is 18.6 Å². The summed E-state index contributed by atoms with van der Waals surface area (Å²) in [4.78, 5) is 49.8. The molecule has 0 aromatic heterocycles. The van der Waals surface area contributed by atoms with Gasteiger partial charge in [-0.25, -0.2) is 4.79 Å². The molecular weight excluding hydrogens is 528 g/mol. The predicted octanol–water partition coefficient (Wildman–Crippen LogP) is 3.11. The molecule has 0 radical (unpaired) electrons. The van der Waals surface area contributed by atoms with Crippen LogP contribution < -0.4 is 21.3 Å². The number of carbonyl (C=O) groups is 4. The minimum atomic E-state index is -0.977. The second-order valence-electron chi connectivity index (χ2n) is 12.5. The third-order valence-electron chi connectivity index (χ3n) is 9.46. The lowest BCUT2D eigenvalue weighted by atomic mass is 9.79. The Hall–Kier alpha value is -2.40. The SMILES string of the molecule is COC1CCC(C(CC(=O)O)NC(=O)[C@@H](C)CC(=O)NC2CCC(NC(=O)NC3CCCCC3C)CC2)CC1OC. The van der Waals surface area contributed by atoms with Crippen molar-refractivity contribution in [1.82, 2.24) is 21.3 Å². The maximum absolute atomic E-state index is 13.0. The molecule has 0 aromatic rings. The molecule has 234 valence electrons. The Balaban J connectivity index is 1.39. The molecule has 3 fully saturated rings. The van der Waals surface area contributed by atoms with Crippen LogP contribution in [0.25, 0.3) is 0 Å². The Bertz CT molecular complexity index is 879. The number of nitrogens with one attached hydrogen (secondary N) is 4. The van der Waals surface area contributed by atoms with Crippen LogP contribution in [-0.4, -0.2) is 79.5 Å². The third kappa shape index (κ3) is 10.4. The molecule has 7 atom stereocenters. The first kappa shape index (κ1) is 33.1. The summed E-state index contributed by atoms with van der Waals surface area (Å²) < 4.78 is 11.0. The van der Waals surface area contributed by atoms with Crippen LogP contribution in [0.15, 0.2) is 0 Å². The molecule has 3 aliphatic rings. The molecule has 0 saturated heterocycles. The van der Waals surface area contributed by atoms with Crippen LogP contribution in [0.3, 0.4) is 0 Å². The lowest BCUT2D eigenvalue weighted by molar-refractivity contribution is -0.139. The van der Waals surface area contributed by atoms with Gasteiger partial charge < -0.3 is 35.8 Å². The highest BCUT2D eigenvalue weighted by molar-refractivity contribution is 5.86. The zero-order valence-corrected chi connectivity index (χ0v) is 25.3. The second-order valence-corrected chi connectivity index (χ2v) is 12.5. The van der Waals surface area contributed by atoms with E-state index in [1.54, 1.807) is 21.1 Å². The quantitative estimate of drug-likeness (QED) is 0.238. The normalized spacial score (nSPS) is 31.8. The number of methoxy groups -OCH3 is 2. The van der Waals surface area contributed by atoms with E-state index in [-0.39, 0.29) is 66.9 Å². The number of aliphatic carboxylic acids is 1. The fraction of sp³-hybridized carbons (Fsp3) is 0.867. The largest absolute Gasteiger partial charge is 0.481 e. The second kappa shape index (κ2) is 16.3. The Labute approximate surface area is 244 Å². The monoisotopic (exact) mass is 580 g/mol. The van der Waals surface area contributed by atoms with Gasteiger partial charge in [-0.05, 0) is 69.6 Å². The molecule has 0 spiro atoms. The Kier molecular flexibility index (Phi) is 13.2. The van der Waals surface area contributed by atoms with Crippen molar-refractivity contribution in [3.63, 3.8) is 0 Å². The lowest BCUT2D eigenvalue weighted by Crippen LogP contribution is -2.51. The van der Waals surface area contributed by atoms with Crippen molar-refractivity contribution in [2.45, 2.75) is 134 Å². The van der Waals surface area contributed by atoms with E-state index >= 15 is 0 Å². The molecule has 3 saturated carbocycles. The van der Waals surface area contributed by atoms with Gasteiger partial charge in [-0.15, -0.1) is 0 Å². The smallest absolute Gasteiger partial charge is 0.315 e. The first-order valence-electron chi connectivity index (χ1n) is 15.5. The van der Waals surface area contributed by atoms with Gasteiger partial charge in [0.2, 0.25) is 11.8 Å². The number of urea groups is 1. The van der Waals surface area contributed by atoms with Crippen molar-refractivity contribution >= 4 is 23.8 Å². The number of hydrogen-bond donors (Lipinski definition) is 5. The maximum atomic E-state index is 13.0. The molecule has 0 aromatic carbocycles. The molecule has 5 N–H and O–H groups in total. The number of carboxylic acid groups (broad SMARTS) is 1. The Morgan fingerprint density at radius 3 is 2.05 bits per heavy atom. The van der Waals surface area contributed by atoms with Crippen molar-refractivity contribution in [1.29, 1.82) is 0 Å². The lowest BCUT2D eigenvalue weighted by Gasteiger charge is -2.38. The summed E-state index contributed by atoms with van der Waals surface area (Å²) >= 11 is 0. The third-order valence-corrected chi connectivity index (χ3v) is 9.46. The maximum Gasteiger partial charge on any atom is 0.315 e. The van der Waals surface area contributed by atoms with Gasteiger partial charge >= 0.3 is 12.0 Å². The van der Waals surface area contributed by atoms with Gasteiger partial charge in [0.25, 0.3) is 0 Å². The molecule has 0 heterocycles. The van der Waals surface area contributed by atoms with Crippen LogP contribution >= 0.6 is 0 Å². The minimum absolute atomic E-state index is 0.0129. The highest BCUT2D eigenvalue weighted by atomic mass is 16.5. The zero-order valence-electron chi connectivity index (χ0n) is 25.3. The van der Waals surface area contributed by atoms with E-state index in [1.165, 1.54) is 6.42 Å². The number of rotatable bonds is 12. The summed E-state index contributed by atoms with van der Waals surface area (Å²) in [5.74, 6) is -1.63. The van der Waals surface area contributed by atoms with Crippen molar-refractivity contribution in [3.8, 4) is 0 Å². The summed E-state index contributed by atoms with van der Waals surface area (Å²) in [6.07, 6.45) is 9.40. The summed E-state index contributed by atoms with van der Waals surface area (Å²) in [5.41, 5.74) is 0. The van der Waals surface area contributed by atoms with Crippen molar-refractivity contribution in [3.05, 3.63) is 0 Å². The van der Waals surface area contributed by atoms with Crippen LogP contribution in [0.2, 0.25) is 0 Å². The molecule has 11 heteroatoms. The van der Waals surface area contributed by atoms with Gasteiger partial charge in [0, 0.05) is 50.7 Å². The van der Waals surface area contributed by atoms with Crippen molar-refractivity contribution < 1.29 is 33.8 Å². The molecule has 11 nitrogen and oxygen atoms in total. The van der Waals surface area contributed by atoms with E-state index in [4.69, 9.17) is 9.47 Å². The van der Waals surface area contributed by atoms with Gasteiger partial charge in [-0.3, -0.25) is 14.4 Å². The average molecular weight is 581 g/mol. The highest BCUT2D eigenvalue weighted by Gasteiger charge is 2.37. The topological polar surface area (TPSA) is 155 Å². The molecule has 3 rings (SSSR count). The fourth-order valence-electron chi connectivity index (χ4n) is 6.83. The zero-order chi connectivity index (χ0) is 29.9. The molecule has 6 unspecified atom stereocenters. The van der Waals surface area contributed by atoms with Crippen LogP contribution in [-0.2, 0) is 23.9 Å². The van der Waals surface area contributed by atoms with E-state index in [0.717, 1.165) is 57.8 Å². The van der Waals surface area contributed by atoms with Crippen LogP contribution in [0.5, 0.6) is 0 Å². The minimum Gasteiger partial charge on any atom is -0.481 e. The summed E-state index contributed by atoms with van der Waals surface area (Å²) in [5, 5.41) is 21.7. The van der Waals surface area contributed by atoms with Crippen LogP contribution in [0.1, 0.15) is 97.3 Å². The number of hydrogen-bond acceptors (Lipinski definition) is 6. The van der Waals surface area contributed by atoms with E-state index in [2.05, 4.69) is 28.2 Å². The van der Waals surface area contributed by atoms with Crippen LogP contribution in [0.4, 0.5) is 4.79 Å². The van der Waals surface area contributed by atoms with Crippen LogP contribution in [0, 0.1) is 17.8 Å². The van der Waals surface area contributed by atoms with Gasteiger partial charge in [0.15, 0.2) is 0 Å². The van der Waals surface area contributed by atoms with E-state index in [9.17, 15) is 24.3 Å². The van der Waals surface area contributed by atoms with Gasteiger partial charge in [-0.1, -0.05) is 26.7 Å².